The molecule has 1 aromatic rings. The fourth-order valence-corrected chi connectivity index (χ4v) is 4.71. The summed E-state index contributed by atoms with van der Waals surface area (Å²) in [7, 11) is -3.55. The maximum absolute atomic E-state index is 12.9. The molecule has 1 aromatic carbocycles. The Balaban J connectivity index is 2.04. The maximum Gasteiger partial charge on any atom is 0.243 e. The number of carbonyl (C=O) groups is 1. The van der Waals surface area contributed by atoms with Crippen LogP contribution in [0.15, 0.2) is 17.0 Å². The van der Waals surface area contributed by atoms with Gasteiger partial charge in [0.2, 0.25) is 15.9 Å². The molecule has 0 spiro atoms. The van der Waals surface area contributed by atoms with Crippen LogP contribution in [0.5, 0.6) is 0 Å². The van der Waals surface area contributed by atoms with Gasteiger partial charge in [0.25, 0.3) is 0 Å². The number of amides is 1. The first-order valence-electron chi connectivity index (χ1n) is 7.41. The van der Waals surface area contributed by atoms with E-state index in [1.165, 1.54) is 11.2 Å². The number of hydrogen-bond acceptors (Lipinski definition) is 4. The summed E-state index contributed by atoms with van der Waals surface area (Å²) >= 11 is 0. The van der Waals surface area contributed by atoms with Gasteiger partial charge in [-0.3, -0.25) is 4.79 Å². The fourth-order valence-electron chi connectivity index (χ4n) is 3.07. The third-order valence-corrected chi connectivity index (χ3v) is 6.28. The van der Waals surface area contributed by atoms with Crippen molar-refractivity contribution in [2.45, 2.75) is 25.2 Å². The Morgan fingerprint density at radius 3 is 2.50 bits per heavy atom. The van der Waals surface area contributed by atoms with Crippen LogP contribution in [0.3, 0.4) is 0 Å². The number of sulfonamides is 1. The lowest BCUT2D eigenvalue weighted by Gasteiger charge is -2.27. The smallest absolute Gasteiger partial charge is 0.243 e. The molecule has 120 valence electrons. The largest absolute Gasteiger partial charge is 0.379 e. The van der Waals surface area contributed by atoms with Crippen molar-refractivity contribution in [3.8, 4) is 0 Å². The minimum absolute atomic E-state index is 0.0580. The average molecular weight is 324 g/mol. The molecule has 2 aliphatic heterocycles. The van der Waals surface area contributed by atoms with Gasteiger partial charge in [0.15, 0.2) is 0 Å². The Bertz CT molecular complexity index is 708. The lowest BCUT2D eigenvalue weighted by molar-refractivity contribution is -0.116. The third kappa shape index (κ3) is 2.53. The van der Waals surface area contributed by atoms with Crippen molar-refractivity contribution in [3.63, 3.8) is 0 Å². The lowest BCUT2D eigenvalue weighted by atomic mass is 10.1. The molecular formula is C15H20N2O4S. The molecule has 0 atom stereocenters. The van der Waals surface area contributed by atoms with Crippen molar-refractivity contribution < 1.29 is 17.9 Å². The van der Waals surface area contributed by atoms with Crippen LogP contribution in [0.2, 0.25) is 0 Å². The SMILES string of the molecule is CC(=O)N1CCc2cc(C)c(S(=O)(=O)N3CCOCC3)cc21. The van der Waals surface area contributed by atoms with E-state index in [0.29, 0.717) is 37.7 Å². The second-order valence-electron chi connectivity index (χ2n) is 5.68. The molecule has 0 N–H and O–H groups in total. The molecule has 6 nitrogen and oxygen atoms in total. The topological polar surface area (TPSA) is 66.9 Å². The molecule has 0 saturated carbocycles. The minimum Gasteiger partial charge on any atom is -0.379 e. The summed E-state index contributed by atoms with van der Waals surface area (Å²) < 4.78 is 32.4. The fraction of sp³-hybridized carbons (Fsp3) is 0.533. The van der Waals surface area contributed by atoms with E-state index < -0.39 is 10.0 Å². The van der Waals surface area contributed by atoms with E-state index in [2.05, 4.69) is 0 Å². The van der Waals surface area contributed by atoms with Crippen molar-refractivity contribution in [2.75, 3.05) is 37.7 Å². The number of aryl methyl sites for hydroxylation is 1. The molecule has 3 rings (SSSR count). The number of rotatable bonds is 2. The highest BCUT2D eigenvalue weighted by Gasteiger charge is 2.31. The highest BCUT2D eigenvalue weighted by molar-refractivity contribution is 7.89. The first-order valence-corrected chi connectivity index (χ1v) is 8.85. The molecule has 2 heterocycles. The average Bonchev–Trinajstić information content (AvgIpc) is 2.90. The predicted molar refractivity (Wildman–Crippen MR) is 82.5 cm³/mol. The monoisotopic (exact) mass is 324 g/mol. The van der Waals surface area contributed by atoms with Gasteiger partial charge in [-0.05, 0) is 30.5 Å². The van der Waals surface area contributed by atoms with Crippen LogP contribution in [-0.4, -0.2) is 51.5 Å². The summed E-state index contributed by atoms with van der Waals surface area (Å²) in [6.07, 6.45) is 0.771. The molecule has 2 aliphatic rings. The van der Waals surface area contributed by atoms with Crippen molar-refractivity contribution in [3.05, 3.63) is 23.3 Å². The minimum atomic E-state index is -3.55. The van der Waals surface area contributed by atoms with Crippen LogP contribution < -0.4 is 4.90 Å². The summed E-state index contributed by atoms with van der Waals surface area (Å²) in [5, 5.41) is 0. The van der Waals surface area contributed by atoms with Gasteiger partial charge in [0, 0.05) is 32.2 Å². The van der Waals surface area contributed by atoms with Crippen LogP contribution in [-0.2, 0) is 26.0 Å². The summed E-state index contributed by atoms with van der Waals surface area (Å²) in [4.78, 5) is 13.6. The zero-order valence-corrected chi connectivity index (χ0v) is 13.6. The van der Waals surface area contributed by atoms with Gasteiger partial charge >= 0.3 is 0 Å². The first kappa shape index (κ1) is 15.5. The van der Waals surface area contributed by atoms with Crippen LogP contribution in [0.25, 0.3) is 0 Å². The normalized spacial score (nSPS) is 19.3. The second-order valence-corrected chi connectivity index (χ2v) is 7.59. The van der Waals surface area contributed by atoms with Crippen molar-refractivity contribution >= 4 is 21.6 Å². The van der Waals surface area contributed by atoms with Gasteiger partial charge in [-0.25, -0.2) is 8.42 Å². The standard InChI is InChI=1S/C15H20N2O4S/c1-11-9-13-3-4-17(12(2)18)14(13)10-15(11)22(19,20)16-5-7-21-8-6-16/h9-10H,3-8H2,1-2H3. The van der Waals surface area contributed by atoms with E-state index in [4.69, 9.17) is 4.74 Å². The maximum atomic E-state index is 12.9. The number of fused-ring (bicyclic) bond motifs is 1. The Morgan fingerprint density at radius 1 is 1.18 bits per heavy atom. The number of anilines is 1. The van der Waals surface area contributed by atoms with Gasteiger partial charge in [-0.2, -0.15) is 4.31 Å². The van der Waals surface area contributed by atoms with E-state index in [9.17, 15) is 13.2 Å². The predicted octanol–water partition coefficient (Wildman–Crippen LogP) is 0.925. The zero-order chi connectivity index (χ0) is 15.9. The molecule has 0 radical (unpaired) electrons. The number of benzene rings is 1. The van der Waals surface area contributed by atoms with Crippen molar-refractivity contribution in [2.24, 2.45) is 0 Å². The number of carbonyl (C=O) groups excluding carboxylic acids is 1. The summed E-state index contributed by atoms with van der Waals surface area (Å²) in [5.41, 5.74) is 2.49. The highest BCUT2D eigenvalue weighted by Crippen LogP contribution is 2.34. The molecule has 22 heavy (non-hydrogen) atoms. The molecule has 0 aromatic heterocycles. The van der Waals surface area contributed by atoms with E-state index in [1.54, 1.807) is 11.0 Å². The molecule has 0 bridgehead atoms. The lowest BCUT2D eigenvalue weighted by Crippen LogP contribution is -2.40. The van der Waals surface area contributed by atoms with Crippen LogP contribution in [0, 0.1) is 6.92 Å². The number of nitrogens with zero attached hydrogens (tertiary/aromatic N) is 2. The van der Waals surface area contributed by atoms with Gasteiger partial charge < -0.3 is 9.64 Å². The van der Waals surface area contributed by atoms with E-state index >= 15 is 0 Å². The Hall–Kier alpha value is -1.44. The van der Waals surface area contributed by atoms with Crippen molar-refractivity contribution in [1.29, 1.82) is 0 Å². The van der Waals surface area contributed by atoms with Gasteiger partial charge in [0.05, 0.1) is 18.1 Å². The Morgan fingerprint density at radius 2 is 1.86 bits per heavy atom. The molecule has 1 saturated heterocycles. The van der Waals surface area contributed by atoms with Crippen LogP contribution >= 0.6 is 0 Å². The molecule has 1 fully saturated rings. The Kier molecular flexibility index (Phi) is 3.96. The van der Waals surface area contributed by atoms with Gasteiger partial charge in [-0.1, -0.05) is 6.07 Å². The summed E-state index contributed by atoms with van der Waals surface area (Å²) in [6, 6.07) is 3.55. The first-order chi connectivity index (χ1) is 10.4. The summed E-state index contributed by atoms with van der Waals surface area (Å²) in [5.74, 6) is -0.0580. The van der Waals surface area contributed by atoms with Gasteiger partial charge in [-0.15, -0.1) is 0 Å². The van der Waals surface area contributed by atoms with Gasteiger partial charge in [0.1, 0.15) is 0 Å². The summed E-state index contributed by atoms with van der Waals surface area (Å²) in [6.45, 7) is 5.51. The highest BCUT2D eigenvalue weighted by atomic mass is 32.2. The van der Waals surface area contributed by atoms with E-state index in [0.717, 1.165) is 23.2 Å². The van der Waals surface area contributed by atoms with E-state index in [1.807, 2.05) is 13.0 Å². The van der Waals surface area contributed by atoms with Crippen LogP contribution in [0.4, 0.5) is 5.69 Å². The second kappa shape index (κ2) is 5.64. The van der Waals surface area contributed by atoms with Crippen LogP contribution in [0.1, 0.15) is 18.1 Å². The quantitative estimate of drug-likeness (QED) is 0.811. The molecular weight excluding hydrogens is 304 g/mol. The third-order valence-electron chi connectivity index (χ3n) is 4.24. The zero-order valence-electron chi connectivity index (χ0n) is 12.8. The number of morpholine rings is 1. The number of hydrogen-bond donors (Lipinski definition) is 0. The molecule has 7 heteroatoms. The number of ether oxygens (including phenoxy) is 1. The molecule has 0 aliphatic carbocycles. The molecule has 0 unspecified atom stereocenters. The Labute approximate surface area is 130 Å². The molecule has 1 amide bonds. The van der Waals surface area contributed by atoms with Crippen molar-refractivity contribution in [1.82, 2.24) is 4.31 Å². The van der Waals surface area contributed by atoms with E-state index in [-0.39, 0.29) is 5.91 Å².